The van der Waals surface area contributed by atoms with Gasteiger partial charge in [-0.15, -0.1) is 0 Å². The maximum atomic E-state index is 11.4. The molecule has 3 nitrogen and oxygen atoms in total. The minimum Gasteiger partial charge on any atom is -0.469 e. The molecule has 0 unspecified atom stereocenters. The predicted molar refractivity (Wildman–Crippen MR) is 51.1 cm³/mol. The maximum absolute atomic E-state index is 11.4. The van der Waals surface area contributed by atoms with Gasteiger partial charge in [0.1, 0.15) is 0 Å². The smallest absolute Gasteiger partial charge is 0.309 e. The monoisotopic (exact) mass is 185 g/mol. The van der Waals surface area contributed by atoms with Gasteiger partial charge in [0.25, 0.3) is 0 Å². The third-order valence-corrected chi connectivity index (χ3v) is 3.04. The van der Waals surface area contributed by atoms with E-state index < -0.39 is 0 Å². The zero-order valence-electron chi connectivity index (χ0n) is 8.67. The fourth-order valence-electron chi connectivity index (χ4n) is 2.27. The number of hydrogen-bond donors (Lipinski definition) is 1. The molecule has 76 valence electrons. The molecule has 0 bridgehead atoms. The molecule has 1 aliphatic carbocycles. The Kier molecular flexibility index (Phi) is 2.96. The molecule has 0 aromatic heterocycles. The van der Waals surface area contributed by atoms with Crippen LogP contribution < -0.4 is 5.73 Å². The largest absolute Gasteiger partial charge is 0.469 e. The summed E-state index contributed by atoms with van der Waals surface area (Å²) in [7, 11) is 1.45. The Morgan fingerprint density at radius 2 is 2.08 bits per heavy atom. The highest BCUT2D eigenvalue weighted by Crippen LogP contribution is 2.40. The third kappa shape index (κ3) is 2.21. The summed E-state index contributed by atoms with van der Waals surface area (Å²) in [5.74, 6) is -0.0609. The first-order valence-electron chi connectivity index (χ1n) is 4.81. The van der Waals surface area contributed by atoms with E-state index in [-0.39, 0.29) is 23.3 Å². The van der Waals surface area contributed by atoms with E-state index in [2.05, 4.69) is 13.8 Å². The zero-order chi connectivity index (χ0) is 10.1. The number of esters is 1. The highest BCUT2D eigenvalue weighted by molar-refractivity contribution is 5.73. The van der Waals surface area contributed by atoms with Gasteiger partial charge in [-0.25, -0.2) is 0 Å². The molecular formula is C10H19NO2. The fourth-order valence-corrected chi connectivity index (χ4v) is 2.27. The molecule has 0 aliphatic heterocycles. The molecule has 1 aliphatic rings. The minimum absolute atomic E-state index is 0.00917. The molecule has 3 heteroatoms. The van der Waals surface area contributed by atoms with E-state index >= 15 is 0 Å². The van der Waals surface area contributed by atoms with Gasteiger partial charge < -0.3 is 10.5 Å². The van der Waals surface area contributed by atoms with Gasteiger partial charge in [0.15, 0.2) is 0 Å². The Morgan fingerprint density at radius 1 is 1.46 bits per heavy atom. The van der Waals surface area contributed by atoms with Crippen molar-refractivity contribution in [1.82, 2.24) is 0 Å². The quantitative estimate of drug-likeness (QED) is 0.627. The molecule has 1 saturated carbocycles. The predicted octanol–water partition coefficient (Wildman–Crippen LogP) is 1.31. The van der Waals surface area contributed by atoms with Crippen molar-refractivity contribution in [3.63, 3.8) is 0 Å². The van der Waals surface area contributed by atoms with Crippen molar-refractivity contribution in [3.05, 3.63) is 0 Å². The summed E-state index contributed by atoms with van der Waals surface area (Å²) in [4.78, 5) is 11.4. The summed E-state index contributed by atoms with van der Waals surface area (Å²) in [6.45, 7) is 4.18. The van der Waals surface area contributed by atoms with Crippen molar-refractivity contribution in [1.29, 1.82) is 0 Å². The molecule has 0 heterocycles. The van der Waals surface area contributed by atoms with Gasteiger partial charge in [-0.3, -0.25) is 4.79 Å². The molecule has 0 radical (unpaired) electrons. The molecule has 2 N–H and O–H groups in total. The number of methoxy groups -OCH3 is 1. The average Bonchev–Trinajstić information content (AvgIpc) is 2.01. The molecule has 0 spiro atoms. The number of hydrogen-bond acceptors (Lipinski definition) is 3. The van der Waals surface area contributed by atoms with E-state index in [1.807, 2.05) is 0 Å². The third-order valence-electron chi connectivity index (χ3n) is 3.04. The first-order valence-corrected chi connectivity index (χ1v) is 4.81. The van der Waals surface area contributed by atoms with Gasteiger partial charge in [0.2, 0.25) is 0 Å². The van der Waals surface area contributed by atoms with Crippen molar-refractivity contribution in [3.8, 4) is 0 Å². The fraction of sp³-hybridized carbons (Fsp3) is 0.900. The molecular weight excluding hydrogens is 166 g/mol. The van der Waals surface area contributed by atoms with E-state index in [1.165, 1.54) is 7.11 Å². The SMILES string of the molecule is COC(=O)[C@H]1CC[C@H](N)CC1(C)C. The second kappa shape index (κ2) is 3.66. The summed E-state index contributed by atoms with van der Waals surface area (Å²) in [6, 6.07) is 0.246. The van der Waals surface area contributed by atoms with Crippen molar-refractivity contribution < 1.29 is 9.53 Å². The van der Waals surface area contributed by atoms with Crippen molar-refractivity contribution in [2.24, 2.45) is 17.1 Å². The number of rotatable bonds is 1. The lowest BCUT2D eigenvalue weighted by Crippen LogP contribution is -2.42. The first kappa shape index (κ1) is 10.5. The lowest BCUT2D eigenvalue weighted by atomic mass is 9.67. The Morgan fingerprint density at radius 3 is 2.54 bits per heavy atom. The van der Waals surface area contributed by atoms with Crippen LogP contribution in [0.5, 0.6) is 0 Å². The number of carbonyl (C=O) groups is 1. The van der Waals surface area contributed by atoms with E-state index in [1.54, 1.807) is 0 Å². The van der Waals surface area contributed by atoms with Gasteiger partial charge in [0, 0.05) is 6.04 Å². The first-order chi connectivity index (χ1) is 5.97. The molecule has 0 aromatic rings. The van der Waals surface area contributed by atoms with E-state index in [4.69, 9.17) is 10.5 Å². The number of ether oxygens (including phenoxy) is 1. The second-order valence-electron chi connectivity index (χ2n) is 4.61. The average molecular weight is 185 g/mol. The highest BCUT2D eigenvalue weighted by atomic mass is 16.5. The molecule has 0 aromatic carbocycles. The summed E-state index contributed by atoms with van der Waals surface area (Å²) in [6.07, 6.45) is 2.71. The lowest BCUT2D eigenvalue weighted by Gasteiger charge is -2.39. The normalized spacial score (nSPS) is 32.6. The van der Waals surface area contributed by atoms with Gasteiger partial charge in [-0.1, -0.05) is 13.8 Å². The molecule has 1 rings (SSSR count). The van der Waals surface area contributed by atoms with Crippen LogP contribution in [-0.2, 0) is 9.53 Å². The van der Waals surface area contributed by atoms with Gasteiger partial charge in [-0.2, -0.15) is 0 Å². The molecule has 2 atom stereocenters. The maximum Gasteiger partial charge on any atom is 0.309 e. The van der Waals surface area contributed by atoms with Crippen LogP contribution in [-0.4, -0.2) is 19.1 Å². The molecule has 0 amide bonds. The van der Waals surface area contributed by atoms with E-state index in [0.717, 1.165) is 19.3 Å². The van der Waals surface area contributed by atoms with Crippen molar-refractivity contribution in [2.75, 3.05) is 7.11 Å². The van der Waals surface area contributed by atoms with Crippen LogP contribution in [0.15, 0.2) is 0 Å². The molecule has 0 saturated heterocycles. The van der Waals surface area contributed by atoms with Crippen LogP contribution >= 0.6 is 0 Å². The Bertz CT molecular complexity index is 201. The minimum atomic E-state index is -0.0862. The van der Waals surface area contributed by atoms with Crippen LogP contribution in [0.3, 0.4) is 0 Å². The van der Waals surface area contributed by atoms with Gasteiger partial charge in [-0.05, 0) is 24.7 Å². The second-order valence-corrected chi connectivity index (χ2v) is 4.61. The summed E-state index contributed by atoms with van der Waals surface area (Å²) < 4.78 is 4.78. The topological polar surface area (TPSA) is 52.3 Å². The lowest BCUT2D eigenvalue weighted by molar-refractivity contribution is -0.151. The number of carbonyl (C=O) groups excluding carboxylic acids is 1. The molecule has 13 heavy (non-hydrogen) atoms. The summed E-state index contributed by atoms with van der Waals surface area (Å²) in [5, 5.41) is 0. The van der Waals surface area contributed by atoms with Crippen LogP contribution in [0.25, 0.3) is 0 Å². The van der Waals surface area contributed by atoms with Crippen LogP contribution in [0.4, 0.5) is 0 Å². The Balaban J connectivity index is 2.69. The van der Waals surface area contributed by atoms with E-state index in [9.17, 15) is 4.79 Å². The summed E-state index contributed by atoms with van der Waals surface area (Å²) in [5.41, 5.74) is 5.85. The highest BCUT2D eigenvalue weighted by Gasteiger charge is 2.40. The van der Waals surface area contributed by atoms with Crippen LogP contribution in [0.1, 0.15) is 33.1 Å². The molecule has 1 fully saturated rings. The Hall–Kier alpha value is -0.570. The standard InChI is InChI=1S/C10H19NO2/c1-10(2)6-7(11)4-5-8(10)9(12)13-3/h7-8H,4-6,11H2,1-3H3/t7-,8+/m0/s1. The Labute approximate surface area is 79.6 Å². The zero-order valence-corrected chi connectivity index (χ0v) is 8.67. The van der Waals surface area contributed by atoms with Crippen LogP contribution in [0.2, 0.25) is 0 Å². The number of nitrogens with two attached hydrogens (primary N) is 1. The van der Waals surface area contributed by atoms with Gasteiger partial charge >= 0.3 is 5.97 Å². The van der Waals surface area contributed by atoms with Crippen molar-refractivity contribution >= 4 is 5.97 Å². The van der Waals surface area contributed by atoms with E-state index in [0.29, 0.717) is 0 Å². The van der Waals surface area contributed by atoms with Crippen molar-refractivity contribution in [2.45, 2.75) is 39.2 Å². The van der Waals surface area contributed by atoms with Gasteiger partial charge in [0.05, 0.1) is 13.0 Å². The van der Waals surface area contributed by atoms with Crippen LogP contribution in [0, 0.1) is 11.3 Å². The summed E-state index contributed by atoms with van der Waals surface area (Å²) >= 11 is 0.